The van der Waals surface area contributed by atoms with Crippen LogP contribution >= 0.6 is 11.3 Å². The maximum Gasteiger partial charge on any atom is 0.343 e. The third-order valence-electron chi connectivity index (χ3n) is 4.66. The molecule has 4 rings (SSSR count). The number of rotatable bonds is 6. The van der Waals surface area contributed by atoms with E-state index in [0.29, 0.717) is 40.6 Å². The van der Waals surface area contributed by atoms with E-state index in [1.807, 2.05) is 11.4 Å². The van der Waals surface area contributed by atoms with Crippen LogP contribution in [0.2, 0.25) is 0 Å². The minimum Gasteiger partial charge on any atom is -0.423 e. The zero-order chi connectivity index (χ0) is 21.6. The summed E-state index contributed by atoms with van der Waals surface area (Å²) in [5.74, 6) is -0.624. The molecule has 1 aromatic heterocycles. The van der Waals surface area contributed by atoms with Crippen LogP contribution in [0.1, 0.15) is 32.9 Å². The number of carbonyl (C=O) groups is 3. The first-order chi connectivity index (χ1) is 15.1. The van der Waals surface area contributed by atoms with Crippen molar-refractivity contribution in [3.63, 3.8) is 0 Å². The Hall–Kier alpha value is -3.49. The first-order valence-electron chi connectivity index (χ1n) is 9.78. The first-order valence-corrected chi connectivity index (χ1v) is 10.7. The van der Waals surface area contributed by atoms with Gasteiger partial charge in [-0.15, -0.1) is 11.3 Å². The number of amides is 2. The summed E-state index contributed by atoms with van der Waals surface area (Å²) in [6, 6.07) is 16.6. The van der Waals surface area contributed by atoms with Crippen LogP contribution < -0.4 is 15.4 Å². The summed E-state index contributed by atoms with van der Waals surface area (Å²) < 4.78 is 10.8. The molecule has 8 heteroatoms. The molecular weight excluding hydrogens is 416 g/mol. The molecule has 1 saturated heterocycles. The number of hydrogen-bond acceptors (Lipinski definition) is 6. The second-order valence-electron chi connectivity index (χ2n) is 6.92. The molecule has 0 aliphatic carbocycles. The molecule has 0 radical (unpaired) electrons. The van der Waals surface area contributed by atoms with E-state index in [-0.39, 0.29) is 11.8 Å². The summed E-state index contributed by atoms with van der Waals surface area (Å²) in [7, 11) is 0. The number of benzene rings is 2. The maximum atomic E-state index is 12.5. The normalized spacial score (nSPS) is 15.3. The maximum absolute atomic E-state index is 12.5. The van der Waals surface area contributed by atoms with Crippen molar-refractivity contribution in [1.29, 1.82) is 0 Å². The van der Waals surface area contributed by atoms with Crippen molar-refractivity contribution < 1.29 is 23.9 Å². The largest absolute Gasteiger partial charge is 0.423 e. The lowest BCUT2D eigenvalue weighted by molar-refractivity contribution is -0.124. The fraction of sp³-hybridized carbons (Fsp3) is 0.174. The van der Waals surface area contributed by atoms with Gasteiger partial charge in [0, 0.05) is 18.0 Å². The topological polar surface area (TPSA) is 93.7 Å². The van der Waals surface area contributed by atoms with Gasteiger partial charge in [-0.1, -0.05) is 12.1 Å². The highest BCUT2D eigenvalue weighted by atomic mass is 32.1. The van der Waals surface area contributed by atoms with Crippen LogP contribution in [0.3, 0.4) is 0 Å². The molecule has 158 valence electrons. The SMILES string of the molecule is O=C(Oc1ccc(NC(=O)c2cccs2)cc1)c1cccc(NC(=O)C2CCCO2)c1. The van der Waals surface area contributed by atoms with Crippen molar-refractivity contribution in [3.8, 4) is 5.75 Å². The van der Waals surface area contributed by atoms with E-state index in [1.54, 1.807) is 54.6 Å². The Morgan fingerprint density at radius 2 is 1.81 bits per heavy atom. The third-order valence-corrected chi connectivity index (χ3v) is 5.52. The number of esters is 1. The van der Waals surface area contributed by atoms with Gasteiger partial charge < -0.3 is 20.1 Å². The van der Waals surface area contributed by atoms with Crippen LogP contribution in [0.4, 0.5) is 11.4 Å². The third kappa shape index (κ3) is 5.36. The summed E-state index contributed by atoms with van der Waals surface area (Å²) in [4.78, 5) is 37.4. The number of ether oxygens (including phenoxy) is 2. The molecule has 1 aliphatic heterocycles. The zero-order valence-electron chi connectivity index (χ0n) is 16.5. The van der Waals surface area contributed by atoms with Crippen LogP contribution in [0.5, 0.6) is 5.75 Å². The lowest BCUT2D eigenvalue weighted by Crippen LogP contribution is -2.26. The lowest BCUT2D eigenvalue weighted by Gasteiger charge is -2.11. The van der Waals surface area contributed by atoms with Gasteiger partial charge in [-0.05, 0) is 66.8 Å². The van der Waals surface area contributed by atoms with Crippen LogP contribution in [0.15, 0.2) is 66.0 Å². The van der Waals surface area contributed by atoms with Gasteiger partial charge in [-0.3, -0.25) is 9.59 Å². The lowest BCUT2D eigenvalue weighted by atomic mass is 10.2. The molecule has 2 amide bonds. The molecule has 2 N–H and O–H groups in total. The first kappa shape index (κ1) is 20.8. The van der Waals surface area contributed by atoms with Crippen molar-refractivity contribution in [2.24, 2.45) is 0 Å². The van der Waals surface area contributed by atoms with Crippen molar-refractivity contribution in [2.75, 3.05) is 17.2 Å². The van der Waals surface area contributed by atoms with Gasteiger partial charge in [-0.2, -0.15) is 0 Å². The van der Waals surface area contributed by atoms with Crippen LogP contribution in [0, 0.1) is 0 Å². The van der Waals surface area contributed by atoms with Gasteiger partial charge in [0.2, 0.25) is 0 Å². The fourth-order valence-corrected chi connectivity index (χ4v) is 3.72. The zero-order valence-corrected chi connectivity index (χ0v) is 17.3. The van der Waals surface area contributed by atoms with Crippen LogP contribution in [-0.2, 0) is 9.53 Å². The second-order valence-corrected chi connectivity index (χ2v) is 7.86. The number of carbonyl (C=O) groups excluding carboxylic acids is 3. The van der Waals surface area contributed by atoms with Crippen molar-refractivity contribution >= 4 is 40.5 Å². The van der Waals surface area contributed by atoms with E-state index < -0.39 is 12.1 Å². The molecule has 2 aromatic carbocycles. The standard InChI is InChI=1S/C23H20N2O5S/c26-21(19-6-2-12-29-19)25-17-5-1-4-15(14-17)23(28)30-18-10-8-16(9-11-18)24-22(27)20-7-3-13-31-20/h1,3-5,7-11,13-14,19H,2,6,12H2,(H,24,27)(H,25,26). The van der Waals surface area contributed by atoms with Gasteiger partial charge in [0.05, 0.1) is 10.4 Å². The van der Waals surface area contributed by atoms with Gasteiger partial charge >= 0.3 is 5.97 Å². The minimum atomic E-state index is -0.552. The molecule has 1 atom stereocenters. The van der Waals surface area contributed by atoms with E-state index in [2.05, 4.69) is 10.6 Å². The Balaban J connectivity index is 1.35. The Morgan fingerprint density at radius 3 is 2.52 bits per heavy atom. The van der Waals surface area contributed by atoms with Gasteiger partial charge in [0.1, 0.15) is 11.9 Å². The number of anilines is 2. The summed E-state index contributed by atoms with van der Waals surface area (Å²) in [5, 5.41) is 7.39. The Bertz CT molecular complexity index is 1070. The van der Waals surface area contributed by atoms with E-state index in [0.717, 1.165) is 6.42 Å². The van der Waals surface area contributed by atoms with Crippen LogP contribution in [0.25, 0.3) is 0 Å². The highest BCUT2D eigenvalue weighted by molar-refractivity contribution is 7.12. The summed E-state index contributed by atoms with van der Waals surface area (Å²) in [5.41, 5.74) is 1.40. The molecule has 31 heavy (non-hydrogen) atoms. The Morgan fingerprint density at radius 1 is 0.968 bits per heavy atom. The molecule has 3 aromatic rings. The van der Waals surface area contributed by atoms with E-state index >= 15 is 0 Å². The minimum absolute atomic E-state index is 0.193. The molecular formula is C23H20N2O5S. The average molecular weight is 436 g/mol. The molecule has 0 saturated carbocycles. The molecule has 0 spiro atoms. The average Bonchev–Trinajstić information content (AvgIpc) is 3.50. The molecule has 2 heterocycles. The predicted molar refractivity (Wildman–Crippen MR) is 118 cm³/mol. The van der Waals surface area contributed by atoms with E-state index in [1.165, 1.54) is 11.3 Å². The molecule has 7 nitrogen and oxygen atoms in total. The fourth-order valence-electron chi connectivity index (χ4n) is 3.10. The van der Waals surface area contributed by atoms with Gasteiger partial charge in [0.25, 0.3) is 11.8 Å². The van der Waals surface area contributed by atoms with Gasteiger partial charge in [0.15, 0.2) is 0 Å². The molecule has 1 unspecified atom stereocenters. The smallest absolute Gasteiger partial charge is 0.343 e. The van der Waals surface area contributed by atoms with E-state index in [4.69, 9.17) is 9.47 Å². The Labute approximate surface area is 183 Å². The summed E-state index contributed by atoms with van der Waals surface area (Å²) >= 11 is 1.36. The van der Waals surface area contributed by atoms with Crippen molar-refractivity contribution in [1.82, 2.24) is 0 Å². The van der Waals surface area contributed by atoms with Crippen molar-refractivity contribution in [2.45, 2.75) is 18.9 Å². The van der Waals surface area contributed by atoms with E-state index in [9.17, 15) is 14.4 Å². The molecule has 0 bridgehead atoms. The van der Waals surface area contributed by atoms with Crippen molar-refractivity contribution in [3.05, 3.63) is 76.5 Å². The Kier molecular flexibility index (Phi) is 6.40. The number of hydrogen-bond donors (Lipinski definition) is 2. The summed E-state index contributed by atoms with van der Waals surface area (Å²) in [6.07, 6.45) is 1.10. The summed E-state index contributed by atoms with van der Waals surface area (Å²) in [6.45, 7) is 0.584. The monoisotopic (exact) mass is 436 g/mol. The number of nitrogens with one attached hydrogen (secondary N) is 2. The second kappa shape index (κ2) is 9.55. The van der Waals surface area contributed by atoms with Gasteiger partial charge in [-0.25, -0.2) is 4.79 Å². The highest BCUT2D eigenvalue weighted by Crippen LogP contribution is 2.20. The predicted octanol–water partition coefficient (Wildman–Crippen LogP) is 4.34. The van der Waals surface area contributed by atoms with Crippen LogP contribution in [-0.4, -0.2) is 30.5 Å². The number of thiophene rings is 1. The molecule has 1 aliphatic rings. The quantitative estimate of drug-likeness (QED) is 0.443. The highest BCUT2D eigenvalue weighted by Gasteiger charge is 2.23. The molecule has 1 fully saturated rings.